The number of benzene rings is 1. The Kier molecular flexibility index (Phi) is 2.64. The zero-order valence-electron chi connectivity index (χ0n) is 9.64. The number of aromatic amines is 1. The van der Waals surface area contributed by atoms with E-state index < -0.39 is 0 Å². The van der Waals surface area contributed by atoms with Crippen LogP contribution in [0.4, 0.5) is 11.9 Å². The van der Waals surface area contributed by atoms with E-state index in [2.05, 4.69) is 20.5 Å². The lowest BCUT2D eigenvalue weighted by molar-refractivity contribution is 0.171. The van der Waals surface area contributed by atoms with Crippen molar-refractivity contribution in [3.05, 3.63) is 23.8 Å². The number of nitrogens with two attached hydrogens (primary N) is 1. The maximum absolute atomic E-state index is 5.51. The van der Waals surface area contributed by atoms with Gasteiger partial charge in [0, 0.05) is 6.54 Å². The summed E-state index contributed by atoms with van der Waals surface area (Å²) >= 11 is 0. The average molecular weight is 247 g/mol. The standard InChI is InChI=1S/C11H13N5O2/c12-10-14-11(16-15-10)13-6-7-1-2-8-9(5-7)18-4-3-17-8/h1-2,5H,3-4,6H2,(H4,12,13,14,15,16). The third kappa shape index (κ3) is 2.15. The molecule has 2 heterocycles. The Bertz CT molecular complexity index is 554. The molecule has 7 heteroatoms. The van der Waals surface area contributed by atoms with Crippen LogP contribution in [0.5, 0.6) is 11.5 Å². The van der Waals surface area contributed by atoms with Gasteiger partial charge >= 0.3 is 0 Å². The molecule has 0 spiro atoms. The Labute approximate surface area is 103 Å². The van der Waals surface area contributed by atoms with E-state index in [1.165, 1.54) is 0 Å². The van der Waals surface area contributed by atoms with E-state index in [1.54, 1.807) is 0 Å². The number of ether oxygens (including phenoxy) is 2. The smallest absolute Gasteiger partial charge is 0.243 e. The van der Waals surface area contributed by atoms with Gasteiger partial charge in [0.15, 0.2) is 11.5 Å². The third-order valence-corrected chi connectivity index (χ3v) is 2.56. The van der Waals surface area contributed by atoms with E-state index in [0.717, 1.165) is 17.1 Å². The number of fused-ring (bicyclic) bond motifs is 1. The molecule has 7 nitrogen and oxygen atoms in total. The molecule has 0 atom stereocenters. The molecule has 0 aliphatic carbocycles. The van der Waals surface area contributed by atoms with Gasteiger partial charge in [-0.05, 0) is 17.7 Å². The molecule has 1 aliphatic heterocycles. The van der Waals surface area contributed by atoms with Gasteiger partial charge in [-0.15, -0.1) is 5.10 Å². The first-order chi connectivity index (χ1) is 8.81. The van der Waals surface area contributed by atoms with Crippen molar-refractivity contribution in [2.75, 3.05) is 24.3 Å². The van der Waals surface area contributed by atoms with E-state index in [1.807, 2.05) is 18.2 Å². The zero-order valence-corrected chi connectivity index (χ0v) is 9.64. The second-order valence-electron chi connectivity index (χ2n) is 3.88. The highest BCUT2D eigenvalue weighted by Gasteiger charge is 2.11. The SMILES string of the molecule is Nc1nc(NCc2ccc3c(c2)OCCO3)n[nH]1. The highest BCUT2D eigenvalue weighted by molar-refractivity contribution is 5.44. The minimum atomic E-state index is 0.291. The first kappa shape index (κ1) is 10.7. The Balaban J connectivity index is 1.69. The van der Waals surface area contributed by atoms with Crippen LogP contribution >= 0.6 is 0 Å². The van der Waals surface area contributed by atoms with Crippen LogP contribution in [0.15, 0.2) is 18.2 Å². The highest BCUT2D eigenvalue weighted by Crippen LogP contribution is 2.30. The topological polar surface area (TPSA) is 98.1 Å². The molecule has 0 unspecified atom stereocenters. The van der Waals surface area contributed by atoms with Crippen LogP contribution in [0, 0.1) is 0 Å². The molecular weight excluding hydrogens is 234 g/mol. The number of H-pyrrole nitrogens is 1. The van der Waals surface area contributed by atoms with Gasteiger partial charge in [-0.2, -0.15) is 4.98 Å². The van der Waals surface area contributed by atoms with E-state index >= 15 is 0 Å². The Morgan fingerprint density at radius 2 is 2.11 bits per heavy atom. The van der Waals surface area contributed by atoms with Crippen LogP contribution < -0.4 is 20.5 Å². The van der Waals surface area contributed by atoms with Gasteiger partial charge in [0.05, 0.1) is 0 Å². The predicted octanol–water partition coefficient (Wildman–Crippen LogP) is 0.770. The Morgan fingerprint density at radius 3 is 2.89 bits per heavy atom. The molecule has 1 aliphatic rings. The van der Waals surface area contributed by atoms with Gasteiger partial charge in [0.25, 0.3) is 0 Å². The summed E-state index contributed by atoms with van der Waals surface area (Å²) in [5.41, 5.74) is 6.49. The molecule has 1 aromatic carbocycles. The van der Waals surface area contributed by atoms with Gasteiger partial charge in [-0.3, -0.25) is 0 Å². The number of nitrogen functional groups attached to an aromatic ring is 1. The van der Waals surface area contributed by atoms with Crippen molar-refractivity contribution in [1.82, 2.24) is 15.2 Å². The molecule has 94 valence electrons. The lowest BCUT2D eigenvalue weighted by atomic mass is 10.2. The summed E-state index contributed by atoms with van der Waals surface area (Å²) < 4.78 is 11.0. The van der Waals surface area contributed by atoms with Crippen LogP contribution in [0.2, 0.25) is 0 Å². The normalized spacial score (nSPS) is 13.3. The van der Waals surface area contributed by atoms with Crippen molar-refractivity contribution in [2.45, 2.75) is 6.54 Å². The van der Waals surface area contributed by atoms with Crippen molar-refractivity contribution >= 4 is 11.9 Å². The maximum Gasteiger partial charge on any atom is 0.243 e. The molecule has 4 N–H and O–H groups in total. The number of aromatic nitrogens is 3. The number of rotatable bonds is 3. The number of nitrogens with one attached hydrogen (secondary N) is 2. The number of hydrogen-bond donors (Lipinski definition) is 3. The summed E-state index contributed by atoms with van der Waals surface area (Å²) in [5.74, 6) is 2.32. The lowest BCUT2D eigenvalue weighted by Gasteiger charge is -2.18. The Hall–Kier alpha value is -2.44. The van der Waals surface area contributed by atoms with E-state index in [-0.39, 0.29) is 0 Å². The molecule has 0 amide bonds. The molecule has 0 bridgehead atoms. The molecular formula is C11H13N5O2. The molecule has 0 saturated heterocycles. The second kappa shape index (κ2) is 4.44. The zero-order chi connectivity index (χ0) is 12.4. The first-order valence-corrected chi connectivity index (χ1v) is 5.61. The fraction of sp³-hybridized carbons (Fsp3) is 0.273. The molecule has 0 saturated carbocycles. The average Bonchev–Trinajstić information content (AvgIpc) is 2.82. The van der Waals surface area contributed by atoms with Gasteiger partial charge in [-0.1, -0.05) is 6.07 Å². The summed E-state index contributed by atoms with van der Waals surface area (Å²) in [5, 5.41) is 9.51. The summed E-state index contributed by atoms with van der Waals surface area (Å²) in [6, 6.07) is 5.81. The molecule has 0 radical (unpaired) electrons. The molecule has 2 aromatic rings. The van der Waals surface area contributed by atoms with Crippen LogP contribution in [-0.4, -0.2) is 28.4 Å². The summed E-state index contributed by atoms with van der Waals surface area (Å²) in [6.07, 6.45) is 0. The highest BCUT2D eigenvalue weighted by atomic mass is 16.6. The number of anilines is 2. The van der Waals surface area contributed by atoms with Gasteiger partial charge in [-0.25, -0.2) is 5.10 Å². The fourth-order valence-corrected chi connectivity index (χ4v) is 1.73. The van der Waals surface area contributed by atoms with Crippen molar-refractivity contribution in [1.29, 1.82) is 0 Å². The number of hydrogen-bond acceptors (Lipinski definition) is 6. The van der Waals surface area contributed by atoms with E-state index in [9.17, 15) is 0 Å². The lowest BCUT2D eigenvalue weighted by Crippen LogP contribution is -2.15. The van der Waals surface area contributed by atoms with Gasteiger partial charge in [0.2, 0.25) is 11.9 Å². The molecule has 1 aromatic heterocycles. The number of nitrogens with zero attached hydrogens (tertiary/aromatic N) is 2. The minimum absolute atomic E-state index is 0.291. The van der Waals surface area contributed by atoms with Crippen molar-refractivity contribution in [2.24, 2.45) is 0 Å². The van der Waals surface area contributed by atoms with Crippen molar-refractivity contribution in [3.63, 3.8) is 0 Å². The van der Waals surface area contributed by atoms with Crippen LogP contribution in [0.3, 0.4) is 0 Å². The molecule has 3 rings (SSSR count). The Morgan fingerprint density at radius 1 is 1.28 bits per heavy atom. The fourth-order valence-electron chi connectivity index (χ4n) is 1.73. The predicted molar refractivity (Wildman–Crippen MR) is 65.6 cm³/mol. The summed E-state index contributed by atoms with van der Waals surface area (Å²) in [7, 11) is 0. The second-order valence-corrected chi connectivity index (χ2v) is 3.88. The van der Waals surface area contributed by atoms with Crippen molar-refractivity contribution < 1.29 is 9.47 Å². The maximum atomic E-state index is 5.51. The summed E-state index contributed by atoms with van der Waals surface area (Å²) in [6.45, 7) is 1.77. The van der Waals surface area contributed by atoms with Crippen LogP contribution in [-0.2, 0) is 6.54 Å². The van der Waals surface area contributed by atoms with Crippen LogP contribution in [0.25, 0.3) is 0 Å². The van der Waals surface area contributed by atoms with Gasteiger partial charge in [0.1, 0.15) is 13.2 Å². The first-order valence-electron chi connectivity index (χ1n) is 5.61. The van der Waals surface area contributed by atoms with Crippen molar-refractivity contribution in [3.8, 4) is 11.5 Å². The van der Waals surface area contributed by atoms with Gasteiger partial charge < -0.3 is 20.5 Å². The van der Waals surface area contributed by atoms with E-state index in [0.29, 0.717) is 31.7 Å². The minimum Gasteiger partial charge on any atom is -0.486 e. The monoisotopic (exact) mass is 247 g/mol. The summed E-state index contributed by atoms with van der Waals surface area (Å²) in [4.78, 5) is 3.96. The van der Waals surface area contributed by atoms with E-state index in [4.69, 9.17) is 15.2 Å². The van der Waals surface area contributed by atoms with Crippen LogP contribution in [0.1, 0.15) is 5.56 Å². The largest absolute Gasteiger partial charge is 0.486 e. The molecule has 18 heavy (non-hydrogen) atoms. The third-order valence-electron chi connectivity index (χ3n) is 2.56. The quantitative estimate of drug-likeness (QED) is 0.741. The molecule has 0 fully saturated rings.